The lowest BCUT2D eigenvalue weighted by Crippen LogP contribution is -2.37. The second-order valence-electron chi connectivity index (χ2n) is 5.63. The lowest BCUT2D eigenvalue weighted by atomic mass is 10.1. The molecule has 2 amide bonds. The predicted molar refractivity (Wildman–Crippen MR) is 77.4 cm³/mol. The van der Waals surface area contributed by atoms with Gasteiger partial charge in [-0.25, -0.2) is 0 Å². The first-order valence-electron chi connectivity index (χ1n) is 7.39. The van der Waals surface area contributed by atoms with E-state index >= 15 is 0 Å². The number of amides is 2. The average molecular weight is 272 g/mol. The maximum Gasteiger partial charge on any atom is 0.239 e. The summed E-state index contributed by atoms with van der Waals surface area (Å²) in [5.74, 6) is -0.654. The highest BCUT2D eigenvalue weighted by molar-refractivity contribution is 6.09. The second kappa shape index (κ2) is 5.27. The van der Waals surface area contributed by atoms with Gasteiger partial charge in [-0.1, -0.05) is 19.1 Å². The Kier molecular flexibility index (Phi) is 3.47. The molecule has 4 heteroatoms. The van der Waals surface area contributed by atoms with Gasteiger partial charge in [0, 0.05) is 18.3 Å². The molecule has 1 aromatic carbocycles. The van der Waals surface area contributed by atoms with Gasteiger partial charge in [-0.15, -0.1) is 0 Å². The standard InChI is InChI=1S/C16H20N2O2/c1-2-11-3-7-13(8-4-11)18-10-9-14(16(18)20)15(19)17-12-5-6-12/h3-4,7-8,12,14H,2,5-6,9-10H2,1H3,(H,17,19)/t14-/m1/s1. The summed E-state index contributed by atoms with van der Waals surface area (Å²) in [6.45, 7) is 2.74. The summed E-state index contributed by atoms with van der Waals surface area (Å²) in [6.07, 6.45) is 3.71. The Balaban J connectivity index is 1.68. The van der Waals surface area contributed by atoms with Gasteiger partial charge in [-0.05, 0) is 43.4 Å². The molecule has 1 saturated carbocycles. The molecule has 0 radical (unpaired) electrons. The maximum atomic E-state index is 12.4. The molecule has 0 aromatic heterocycles. The van der Waals surface area contributed by atoms with Gasteiger partial charge in [0.2, 0.25) is 11.8 Å². The monoisotopic (exact) mass is 272 g/mol. The van der Waals surface area contributed by atoms with Gasteiger partial charge in [-0.3, -0.25) is 9.59 Å². The first-order chi connectivity index (χ1) is 9.69. The molecule has 1 aliphatic carbocycles. The fourth-order valence-electron chi connectivity index (χ4n) is 2.62. The van der Waals surface area contributed by atoms with Crippen LogP contribution in [-0.2, 0) is 16.0 Å². The fraction of sp³-hybridized carbons (Fsp3) is 0.500. The molecular weight excluding hydrogens is 252 g/mol. The van der Waals surface area contributed by atoms with Gasteiger partial charge in [0.05, 0.1) is 0 Å². The van der Waals surface area contributed by atoms with Crippen molar-refractivity contribution in [2.45, 2.75) is 38.6 Å². The normalized spacial score (nSPS) is 22.1. The van der Waals surface area contributed by atoms with E-state index in [0.29, 0.717) is 19.0 Å². The quantitative estimate of drug-likeness (QED) is 0.851. The molecule has 1 heterocycles. The molecule has 0 spiro atoms. The minimum absolute atomic E-state index is 0.0626. The highest BCUT2D eigenvalue weighted by Crippen LogP contribution is 2.27. The van der Waals surface area contributed by atoms with Crippen LogP contribution in [0, 0.1) is 5.92 Å². The molecule has 0 unspecified atom stereocenters. The van der Waals surface area contributed by atoms with Crippen molar-refractivity contribution in [3.63, 3.8) is 0 Å². The van der Waals surface area contributed by atoms with E-state index in [-0.39, 0.29) is 11.8 Å². The van der Waals surface area contributed by atoms with Crippen LogP contribution in [-0.4, -0.2) is 24.4 Å². The van der Waals surface area contributed by atoms with Crippen LogP contribution < -0.4 is 10.2 Å². The van der Waals surface area contributed by atoms with Gasteiger partial charge in [0.1, 0.15) is 5.92 Å². The first-order valence-corrected chi connectivity index (χ1v) is 7.39. The number of anilines is 1. The number of nitrogens with zero attached hydrogens (tertiary/aromatic N) is 1. The Morgan fingerprint density at radius 3 is 2.55 bits per heavy atom. The minimum Gasteiger partial charge on any atom is -0.353 e. The lowest BCUT2D eigenvalue weighted by molar-refractivity contribution is -0.132. The molecule has 106 valence electrons. The Morgan fingerprint density at radius 1 is 1.25 bits per heavy atom. The number of hydrogen-bond donors (Lipinski definition) is 1. The molecule has 1 saturated heterocycles. The number of hydrogen-bond acceptors (Lipinski definition) is 2. The molecule has 1 N–H and O–H groups in total. The van der Waals surface area contributed by atoms with Gasteiger partial charge in [-0.2, -0.15) is 0 Å². The smallest absolute Gasteiger partial charge is 0.239 e. The topological polar surface area (TPSA) is 49.4 Å². The Bertz CT molecular complexity index is 520. The number of benzene rings is 1. The third-order valence-electron chi connectivity index (χ3n) is 4.10. The van der Waals surface area contributed by atoms with Crippen LogP contribution in [0.3, 0.4) is 0 Å². The summed E-state index contributed by atoms with van der Waals surface area (Å²) in [4.78, 5) is 26.1. The Morgan fingerprint density at radius 2 is 1.95 bits per heavy atom. The van der Waals surface area contributed by atoms with E-state index in [4.69, 9.17) is 0 Å². The molecule has 1 aliphatic heterocycles. The first kappa shape index (κ1) is 13.2. The minimum atomic E-state index is -0.499. The van der Waals surface area contributed by atoms with Gasteiger partial charge in [0.15, 0.2) is 0 Å². The van der Waals surface area contributed by atoms with Crippen LogP contribution in [0.25, 0.3) is 0 Å². The van der Waals surface area contributed by atoms with Crippen molar-refractivity contribution < 1.29 is 9.59 Å². The van der Waals surface area contributed by atoms with Crippen molar-refractivity contribution in [2.75, 3.05) is 11.4 Å². The van der Waals surface area contributed by atoms with Crippen LogP contribution in [0.1, 0.15) is 31.7 Å². The van der Waals surface area contributed by atoms with Crippen molar-refractivity contribution in [3.05, 3.63) is 29.8 Å². The summed E-state index contributed by atoms with van der Waals surface area (Å²) < 4.78 is 0. The number of carbonyl (C=O) groups excluding carboxylic acids is 2. The zero-order valence-electron chi connectivity index (χ0n) is 11.8. The number of carbonyl (C=O) groups is 2. The highest BCUT2D eigenvalue weighted by Gasteiger charge is 2.39. The average Bonchev–Trinajstić information content (AvgIpc) is 3.19. The Labute approximate surface area is 119 Å². The zero-order chi connectivity index (χ0) is 14.1. The molecule has 3 rings (SSSR count). The molecule has 1 aromatic rings. The van der Waals surface area contributed by atoms with E-state index in [1.54, 1.807) is 4.90 Å². The van der Waals surface area contributed by atoms with Crippen LogP contribution >= 0.6 is 0 Å². The molecule has 2 aliphatic rings. The molecular formula is C16H20N2O2. The fourth-order valence-corrected chi connectivity index (χ4v) is 2.62. The third kappa shape index (κ3) is 2.55. The van der Waals surface area contributed by atoms with Crippen LogP contribution in [0.5, 0.6) is 0 Å². The second-order valence-corrected chi connectivity index (χ2v) is 5.63. The number of rotatable bonds is 4. The van der Waals surface area contributed by atoms with E-state index < -0.39 is 5.92 Å². The van der Waals surface area contributed by atoms with Gasteiger partial charge in [0.25, 0.3) is 0 Å². The molecule has 1 atom stereocenters. The molecule has 0 bridgehead atoms. The van der Waals surface area contributed by atoms with Crippen LogP contribution in [0.2, 0.25) is 0 Å². The van der Waals surface area contributed by atoms with Crippen LogP contribution in [0.15, 0.2) is 24.3 Å². The van der Waals surface area contributed by atoms with Gasteiger partial charge < -0.3 is 10.2 Å². The molecule has 20 heavy (non-hydrogen) atoms. The number of aryl methyl sites for hydroxylation is 1. The SMILES string of the molecule is CCc1ccc(N2CC[C@H](C(=O)NC3CC3)C2=O)cc1. The predicted octanol–water partition coefficient (Wildman–Crippen LogP) is 1.88. The van der Waals surface area contributed by atoms with Crippen molar-refractivity contribution in [1.29, 1.82) is 0 Å². The van der Waals surface area contributed by atoms with E-state index in [0.717, 1.165) is 24.9 Å². The van der Waals surface area contributed by atoms with Crippen LogP contribution in [0.4, 0.5) is 5.69 Å². The van der Waals surface area contributed by atoms with Crippen molar-refractivity contribution in [3.8, 4) is 0 Å². The van der Waals surface area contributed by atoms with E-state index in [9.17, 15) is 9.59 Å². The van der Waals surface area contributed by atoms with Crippen molar-refractivity contribution >= 4 is 17.5 Å². The Hall–Kier alpha value is -1.84. The summed E-state index contributed by atoms with van der Waals surface area (Å²) in [5, 5.41) is 2.93. The van der Waals surface area contributed by atoms with Crippen molar-refractivity contribution in [1.82, 2.24) is 5.32 Å². The maximum absolute atomic E-state index is 12.4. The molecule has 2 fully saturated rings. The van der Waals surface area contributed by atoms with E-state index in [2.05, 4.69) is 12.2 Å². The number of nitrogens with one attached hydrogen (secondary N) is 1. The van der Waals surface area contributed by atoms with E-state index in [1.807, 2.05) is 24.3 Å². The summed E-state index contributed by atoms with van der Waals surface area (Å²) in [6, 6.07) is 8.34. The molecule has 4 nitrogen and oxygen atoms in total. The van der Waals surface area contributed by atoms with E-state index in [1.165, 1.54) is 5.56 Å². The lowest BCUT2D eigenvalue weighted by Gasteiger charge is -2.17. The largest absolute Gasteiger partial charge is 0.353 e. The zero-order valence-corrected chi connectivity index (χ0v) is 11.8. The van der Waals surface area contributed by atoms with Gasteiger partial charge >= 0.3 is 0 Å². The highest BCUT2D eigenvalue weighted by atomic mass is 16.2. The summed E-state index contributed by atoms with van der Waals surface area (Å²) in [5.41, 5.74) is 2.15. The summed E-state index contributed by atoms with van der Waals surface area (Å²) >= 11 is 0. The third-order valence-corrected chi connectivity index (χ3v) is 4.10. The van der Waals surface area contributed by atoms with Crippen molar-refractivity contribution in [2.24, 2.45) is 5.92 Å². The summed E-state index contributed by atoms with van der Waals surface area (Å²) in [7, 11) is 0.